The van der Waals surface area contributed by atoms with Crippen LogP contribution >= 0.6 is 24.8 Å². The number of halogens is 2. The fraction of sp³-hybridized carbons (Fsp3) is 0.474. The van der Waals surface area contributed by atoms with Crippen LogP contribution in [-0.4, -0.2) is 66.9 Å². The lowest BCUT2D eigenvalue weighted by Gasteiger charge is -2.37. The van der Waals surface area contributed by atoms with E-state index in [1.807, 2.05) is 17.0 Å². The molecule has 1 unspecified atom stereocenters. The summed E-state index contributed by atoms with van der Waals surface area (Å²) in [5, 5.41) is 6.15. The van der Waals surface area contributed by atoms with E-state index in [-0.39, 0.29) is 42.7 Å². The Morgan fingerprint density at radius 3 is 2.48 bits per heavy atom. The normalized spacial score (nSPS) is 19.1. The van der Waals surface area contributed by atoms with E-state index in [0.29, 0.717) is 26.2 Å². The highest BCUT2D eigenvalue weighted by Gasteiger charge is 2.30. The van der Waals surface area contributed by atoms with Gasteiger partial charge in [-0.3, -0.25) is 14.5 Å². The summed E-state index contributed by atoms with van der Waals surface area (Å²) in [6.07, 6.45) is 2.42. The molecule has 2 aliphatic heterocycles. The first-order valence-electron chi connectivity index (χ1n) is 8.86. The fourth-order valence-electron chi connectivity index (χ4n) is 3.42. The summed E-state index contributed by atoms with van der Waals surface area (Å²) in [7, 11) is 0. The first-order valence-corrected chi connectivity index (χ1v) is 8.86. The number of benzene rings is 1. The van der Waals surface area contributed by atoms with Gasteiger partial charge in [0.15, 0.2) is 0 Å². The number of piperazine rings is 1. The molecule has 8 heteroatoms. The summed E-state index contributed by atoms with van der Waals surface area (Å²) < 4.78 is 0. The number of nitrogens with one attached hydrogen (secondary N) is 2. The molecule has 0 spiro atoms. The average Bonchev–Trinajstić information content (AvgIpc) is 2.66. The van der Waals surface area contributed by atoms with Crippen LogP contribution in [0.5, 0.6) is 0 Å². The molecule has 0 bridgehead atoms. The lowest BCUT2D eigenvalue weighted by atomic mass is 9.95. The predicted molar refractivity (Wildman–Crippen MR) is 111 cm³/mol. The Morgan fingerprint density at radius 2 is 1.81 bits per heavy atom. The second-order valence-electron chi connectivity index (χ2n) is 6.60. The Bertz CT molecular complexity index is 648. The maximum atomic E-state index is 12.8. The van der Waals surface area contributed by atoms with Gasteiger partial charge < -0.3 is 15.5 Å². The maximum Gasteiger partial charge on any atom is 0.240 e. The van der Waals surface area contributed by atoms with Crippen LogP contribution in [0.15, 0.2) is 36.9 Å². The van der Waals surface area contributed by atoms with E-state index in [0.717, 1.165) is 26.1 Å². The first kappa shape index (κ1) is 23.4. The van der Waals surface area contributed by atoms with Crippen LogP contribution in [0, 0.1) is 0 Å². The Morgan fingerprint density at radius 1 is 1.15 bits per heavy atom. The van der Waals surface area contributed by atoms with Gasteiger partial charge in [0.2, 0.25) is 11.8 Å². The average molecular weight is 415 g/mol. The van der Waals surface area contributed by atoms with Crippen molar-refractivity contribution in [1.82, 2.24) is 20.4 Å². The Balaban J connectivity index is 0.00000182. The molecule has 0 aromatic heterocycles. The van der Waals surface area contributed by atoms with Crippen molar-refractivity contribution in [1.29, 1.82) is 0 Å². The van der Waals surface area contributed by atoms with Gasteiger partial charge in [-0.2, -0.15) is 0 Å². The highest BCUT2D eigenvalue weighted by molar-refractivity contribution is 5.85. The number of nitrogens with zero attached hydrogens (tertiary/aromatic N) is 2. The molecule has 6 nitrogen and oxygen atoms in total. The molecule has 2 aliphatic rings. The molecule has 1 aromatic rings. The smallest absolute Gasteiger partial charge is 0.240 e. The van der Waals surface area contributed by atoms with Gasteiger partial charge in [0.1, 0.15) is 0 Å². The van der Waals surface area contributed by atoms with Gasteiger partial charge in [-0.25, -0.2) is 0 Å². The van der Waals surface area contributed by atoms with Crippen molar-refractivity contribution < 1.29 is 9.59 Å². The van der Waals surface area contributed by atoms with Crippen molar-refractivity contribution in [2.45, 2.75) is 19.0 Å². The molecule has 0 radical (unpaired) electrons. The molecule has 0 saturated carbocycles. The molecule has 2 heterocycles. The lowest BCUT2D eigenvalue weighted by Crippen LogP contribution is -2.56. The van der Waals surface area contributed by atoms with Gasteiger partial charge in [-0.1, -0.05) is 30.3 Å². The zero-order chi connectivity index (χ0) is 17.6. The summed E-state index contributed by atoms with van der Waals surface area (Å²) in [6.45, 7) is 8.02. The van der Waals surface area contributed by atoms with Gasteiger partial charge >= 0.3 is 0 Å². The molecule has 1 atom stereocenters. The van der Waals surface area contributed by atoms with Gasteiger partial charge in [0, 0.05) is 39.3 Å². The highest BCUT2D eigenvalue weighted by atomic mass is 35.5. The van der Waals surface area contributed by atoms with Crippen molar-refractivity contribution in [2.75, 3.05) is 39.3 Å². The molecule has 1 aromatic carbocycles. The quantitative estimate of drug-likeness (QED) is 0.705. The van der Waals surface area contributed by atoms with Crippen LogP contribution in [0.25, 0.3) is 0 Å². The van der Waals surface area contributed by atoms with Crippen LogP contribution < -0.4 is 10.6 Å². The van der Waals surface area contributed by atoms with E-state index < -0.39 is 0 Å². The molecule has 1 saturated heterocycles. The third-order valence-electron chi connectivity index (χ3n) is 4.87. The van der Waals surface area contributed by atoms with E-state index in [1.165, 1.54) is 11.1 Å². The molecule has 27 heavy (non-hydrogen) atoms. The Kier molecular flexibility index (Phi) is 9.80. The van der Waals surface area contributed by atoms with Crippen molar-refractivity contribution in [2.24, 2.45) is 0 Å². The van der Waals surface area contributed by atoms with Gasteiger partial charge in [0.25, 0.3) is 0 Å². The SMILES string of the molecule is C=CCNC(=O)CN1CCN(C(=O)C2Cc3ccccc3CN2)CC1.Cl.Cl. The molecule has 3 rings (SSSR count). The number of amides is 2. The van der Waals surface area contributed by atoms with E-state index in [2.05, 4.69) is 34.2 Å². The van der Waals surface area contributed by atoms with Gasteiger partial charge in [0.05, 0.1) is 12.6 Å². The highest BCUT2D eigenvalue weighted by Crippen LogP contribution is 2.18. The Hall–Kier alpha value is -1.60. The predicted octanol–water partition coefficient (Wildman–Crippen LogP) is 0.991. The van der Waals surface area contributed by atoms with E-state index in [9.17, 15) is 9.59 Å². The lowest BCUT2D eigenvalue weighted by molar-refractivity contribution is -0.135. The number of carbonyl (C=O) groups is 2. The zero-order valence-electron chi connectivity index (χ0n) is 15.4. The Labute approximate surface area is 173 Å². The number of rotatable bonds is 5. The molecule has 1 fully saturated rings. The standard InChI is InChI=1S/C19H26N4O2.2ClH/c1-2-7-20-18(24)14-22-8-10-23(11-9-22)19(25)17-12-15-5-3-4-6-16(15)13-21-17;;/h2-6,17,21H,1,7-14H2,(H,20,24);2*1H. The third-order valence-corrected chi connectivity index (χ3v) is 4.87. The molecule has 2 amide bonds. The van der Waals surface area contributed by atoms with Crippen molar-refractivity contribution >= 4 is 36.6 Å². The molecule has 0 aliphatic carbocycles. The van der Waals surface area contributed by atoms with Crippen LogP contribution in [0.3, 0.4) is 0 Å². The molecular formula is C19H28Cl2N4O2. The fourth-order valence-corrected chi connectivity index (χ4v) is 3.42. The van der Waals surface area contributed by atoms with E-state index in [4.69, 9.17) is 0 Å². The number of hydrogen-bond acceptors (Lipinski definition) is 4. The maximum absolute atomic E-state index is 12.8. The van der Waals surface area contributed by atoms with Crippen LogP contribution in [-0.2, 0) is 22.6 Å². The molecule has 150 valence electrons. The third kappa shape index (κ3) is 6.21. The zero-order valence-corrected chi connectivity index (χ0v) is 17.0. The minimum Gasteiger partial charge on any atom is -0.352 e. The van der Waals surface area contributed by atoms with Gasteiger partial charge in [-0.15, -0.1) is 31.4 Å². The van der Waals surface area contributed by atoms with Gasteiger partial charge in [-0.05, 0) is 17.5 Å². The van der Waals surface area contributed by atoms with Crippen LogP contribution in [0.2, 0.25) is 0 Å². The molecular weight excluding hydrogens is 387 g/mol. The van der Waals surface area contributed by atoms with Crippen LogP contribution in [0.1, 0.15) is 11.1 Å². The van der Waals surface area contributed by atoms with Crippen molar-refractivity contribution in [3.63, 3.8) is 0 Å². The number of hydrogen-bond donors (Lipinski definition) is 2. The first-order chi connectivity index (χ1) is 12.2. The van der Waals surface area contributed by atoms with Crippen molar-refractivity contribution in [3.8, 4) is 0 Å². The van der Waals surface area contributed by atoms with Crippen LogP contribution in [0.4, 0.5) is 0 Å². The summed E-state index contributed by atoms with van der Waals surface area (Å²) in [6, 6.07) is 8.14. The van der Waals surface area contributed by atoms with Crippen molar-refractivity contribution in [3.05, 3.63) is 48.0 Å². The summed E-state index contributed by atoms with van der Waals surface area (Å²) >= 11 is 0. The summed E-state index contributed by atoms with van der Waals surface area (Å²) in [5.41, 5.74) is 2.54. The number of carbonyl (C=O) groups excluding carboxylic acids is 2. The number of fused-ring (bicyclic) bond motifs is 1. The second kappa shape index (κ2) is 11.3. The topological polar surface area (TPSA) is 64.7 Å². The monoisotopic (exact) mass is 414 g/mol. The molecule has 2 N–H and O–H groups in total. The van der Waals surface area contributed by atoms with E-state index >= 15 is 0 Å². The van der Waals surface area contributed by atoms with E-state index in [1.54, 1.807) is 6.08 Å². The minimum absolute atomic E-state index is 0. The summed E-state index contributed by atoms with van der Waals surface area (Å²) in [5.74, 6) is 0.176. The largest absolute Gasteiger partial charge is 0.352 e. The summed E-state index contributed by atoms with van der Waals surface area (Å²) in [4.78, 5) is 28.6. The minimum atomic E-state index is -0.141. The second-order valence-corrected chi connectivity index (χ2v) is 6.60.